The van der Waals surface area contributed by atoms with Gasteiger partial charge >= 0.3 is 71.1 Å². The van der Waals surface area contributed by atoms with Crippen molar-refractivity contribution in [1.82, 2.24) is 21.3 Å². The molecule has 0 spiro atoms. The Morgan fingerprint density at radius 2 is 0.733 bits per heavy atom. The van der Waals surface area contributed by atoms with Gasteiger partial charge in [-0.3, -0.25) is 28.8 Å². The normalized spacial score (nSPS) is 38.6. The molecule has 6 aliphatic rings. The number of carboxylic acids is 2. The summed E-state index contributed by atoms with van der Waals surface area (Å²) >= 11 is 0. The second kappa shape index (κ2) is 41.8. The molecule has 0 saturated carbocycles. The Bertz CT molecular complexity index is 2650. The van der Waals surface area contributed by atoms with Gasteiger partial charge in [0, 0.05) is 35.0 Å². The zero-order chi connectivity index (χ0) is 75.2. The molecule has 6 fully saturated rings. The zero-order valence-corrected chi connectivity index (χ0v) is 62.6. The van der Waals surface area contributed by atoms with Gasteiger partial charge in [0.2, 0.25) is 17.7 Å². The SMILES string of the molecule is CC(C)(C)OC(=O)CN.COC1C(C(=O)NCC(=O)OC(C)(C)C)OC(OC2C(O)C(CO)OC(OC3C(C(=O)[O-])OC(OC4C(O)C(CO)OC(C)C4NC(C)=O)C(O)C3O)C2NC(C)=O)C(O)C1O.COC1C(C(=O)[O-])OC(OC2C(O)C(CO)OC(C)C2NC(C)=O)C(O)C1O.[Na+].[Na+]. The third kappa shape index (κ3) is 25.7. The van der Waals surface area contributed by atoms with Crippen LogP contribution in [-0.2, 0) is 105 Å². The second-order valence-corrected chi connectivity index (χ2v) is 25.8. The molecule has 4 amide bonds. The average molecular weight is 1490 g/mol. The smallest absolute Gasteiger partial charge is 0.547 e. The number of nitrogens with one attached hydrogen (secondary N) is 4. The van der Waals surface area contributed by atoms with Gasteiger partial charge < -0.3 is 174 Å². The van der Waals surface area contributed by atoms with Crippen LogP contribution in [0, 0.1) is 0 Å². The quantitative estimate of drug-likeness (QED) is 0.0353. The van der Waals surface area contributed by atoms with E-state index in [0.717, 1.165) is 28.1 Å². The van der Waals surface area contributed by atoms with Crippen LogP contribution in [-0.4, -0.2) is 351 Å². The van der Waals surface area contributed by atoms with E-state index >= 15 is 0 Å². The predicted octanol–water partition coefficient (Wildman–Crippen LogP) is -19.0. The van der Waals surface area contributed by atoms with Crippen molar-refractivity contribution in [2.75, 3.05) is 47.1 Å². The fraction of sp³-hybridized carbons (Fsp3) is 0.862. The number of rotatable bonds is 22. The molecule has 0 aromatic heterocycles. The van der Waals surface area contributed by atoms with Crippen molar-refractivity contribution < 1.29 is 235 Å². The van der Waals surface area contributed by atoms with Crippen LogP contribution >= 0.6 is 0 Å². The summed E-state index contributed by atoms with van der Waals surface area (Å²) < 4.78 is 76.2. The van der Waals surface area contributed by atoms with Crippen molar-refractivity contribution in [1.29, 1.82) is 0 Å². The largest absolute Gasteiger partial charge is 1.00 e. The summed E-state index contributed by atoms with van der Waals surface area (Å²) in [4.78, 5) is 95.9. The topological polar surface area (TPSA) is 629 Å². The van der Waals surface area contributed by atoms with Crippen LogP contribution in [0.4, 0.5) is 0 Å². The van der Waals surface area contributed by atoms with Crippen molar-refractivity contribution in [3.8, 4) is 0 Å². The minimum absolute atomic E-state index is 0. The van der Waals surface area contributed by atoms with Crippen molar-refractivity contribution in [3.05, 3.63) is 0 Å². The van der Waals surface area contributed by atoms with Crippen LogP contribution in [0.1, 0.15) is 76.2 Å². The number of nitrogens with two attached hydrogens (primary N) is 1. The molecule has 0 radical (unpaired) electrons. The number of aliphatic hydroxyl groups is 12. The van der Waals surface area contributed by atoms with Crippen LogP contribution in [0.2, 0.25) is 0 Å². The summed E-state index contributed by atoms with van der Waals surface area (Å²) in [5, 5.41) is 161. The van der Waals surface area contributed by atoms with Gasteiger partial charge in [-0.05, 0) is 55.4 Å². The molecule has 30 unspecified atom stereocenters. The number of hydrogen-bond acceptors (Lipinski definition) is 37. The van der Waals surface area contributed by atoms with Gasteiger partial charge in [-0.1, -0.05) is 0 Å². The molecule has 0 bridgehead atoms. The molecule has 6 rings (SSSR count). The molecule has 6 aliphatic heterocycles. The summed E-state index contributed by atoms with van der Waals surface area (Å²) in [6, 6.07) is -3.85. The average Bonchev–Trinajstić information content (AvgIpc) is 0.774. The van der Waals surface area contributed by atoms with Crippen molar-refractivity contribution in [3.63, 3.8) is 0 Å². The minimum atomic E-state index is -2.36. The summed E-state index contributed by atoms with van der Waals surface area (Å²) in [5.41, 5.74) is 3.70. The fourth-order valence-electron chi connectivity index (χ4n) is 11.3. The van der Waals surface area contributed by atoms with Crippen LogP contribution in [0.5, 0.6) is 0 Å². The summed E-state index contributed by atoms with van der Waals surface area (Å²) in [5.74, 6) is -7.90. The summed E-state index contributed by atoms with van der Waals surface area (Å²) in [7, 11) is 2.21. The van der Waals surface area contributed by atoms with Gasteiger partial charge in [0.05, 0.1) is 62.6 Å². The molecule has 43 heteroatoms. The number of aliphatic hydroxyl groups excluding tert-OH is 12. The fourth-order valence-corrected chi connectivity index (χ4v) is 11.3. The number of esters is 2. The standard InChI is InChI=1S/C36H59N3O23.C16H27NO11.C6H13NO2.2Na/c1-11-17(38-12(2)42)25(19(45)14(9-40)55-11)57-35-24(50)22(48)28(30(61-35)32(52)53)59-33-18(39-13(3)43)26(20(46)15(10-41)56-33)58-34-23(49)21(47)27(54-7)29(60-34)31(51)37-8-16(44)62-36(4,5)6;1-5-8(17-6(2)19)12(9(20)7(4-18)26-5)27-16-11(22)10(21)13(25-3)14(28-16)15(23)24;1-6(2,3)9-5(8)4-7;;/h11,14-15,17-30,33-35,40-41,45-50H,8-10H2,1-7H3,(H,37,51)(H,38,42)(H,39,43)(H,52,53);5,7-14,16,18,20-22H,4H2,1-3H3,(H,17,19)(H,23,24);4,7H2,1-3H3;;/q;;;2*+1/p-2. The van der Waals surface area contributed by atoms with Crippen molar-refractivity contribution in [2.24, 2.45) is 5.73 Å². The van der Waals surface area contributed by atoms with E-state index in [1.54, 1.807) is 48.5 Å². The van der Waals surface area contributed by atoms with Gasteiger partial charge in [0.25, 0.3) is 5.91 Å². The van der Waals surface area contributed by atoms with Gasteiger partial charge in [0.15, 0.2) is 31.3 Å². The van der Waals surface area contributed by atoms with E-state index in [0.29, 0.717) is 0 Å². The summed E-state index contributed by atoms with van der Waals surface area (Å²) in [6.45, 7) is 13.6. The first kappa shape index (κ1) is 93.8. The number of hydrogen-bond donors (Lipinski definition) is 17. The molecule has 30 atom stereocenters. The monoisotopic (exact) mass is 1490 g/mol. The first-order valence-corrected chi connectivity index (χ1v) is 31.2. The number of methoxy groups -OCH3 is 2. The Morgan fingerprint density at radius 1 is 0.426 bits per heavy atom. The third-order valence-corrected chi connectivity index (χ3v) is 15.7. The molecule has 572 valence electrons. The van der Waals surface area contributed by atoms with Crippen LogP contribution < -0.4 is 96.3 Å². The zero-order valence-electron chi connectivity index (χ0n) is 58.6. The van der Waals surface area contributed by atoms with E-state index in [1.807, 2.05) is 0 Å². The Morgan fingerprint density at radius 3 is 1.06 bits per heavy atom. The summed E-state index contributed by atoms with van der Waals surface area (Å²) in [6.07, 6.45) is -46.2. The van der Waals surface area contributed by atoms with E-state index in [1.165, 1.54) is 13.8 Å². The van der Waals surface area contributed by atoms with E-state index in [-0.39, 0.29) is 71.6 Å². The molecule has 6 heterocycles. The number of carbonyl (C=O) groups is 8. The van der Waals surface area contributed by atoms with Gasteiger partial charge in [-0.15, -0.1) is 0 Å². The predicted molar refractivity (Wildman–Crippen MR) is 316 cm³/mol. The number of amides is 4. The molecular weight excluding hydrogens is 1390 g/mol. The Hall–Kier alpha value is -3.24. The van der Waals surface area contributed by atoms with Gasteiger partial charge in [0.1, 0.15) is 146 Å². The molecule has 18 N–H and O–H groups in total. The van der Waals surface area contributed by atoms with Crippen molar-refractivity contribution in [2.45, 2.75) is 271 Å². The Balaban J connectivity index is 0.000000731. The first-order chi connectivity index (χ1) is 46.0. The third-order valence-electron chi connectivity index (χ3n) is 15.7. The number of carbonyl (C=O) groups excluding carboxylic acids is 8. The van der Waals surface area contributed by atoms with E-state index in [9.17, 15) is 110 Å². The molecule has 41 nitrogen and oxygen atoms in total. The number of aliphatic carboxylic acids is 2. The Kier molecular flexibility index (Phi) is 38.8. The van der Waals surface area contributed by atoms with Crippen LogP contribution in [0.3, 0.4) is 0 Å². The first-order valence-electron chi connectivity index (χ1n) is 31.2. The van der Waals surface area contributed by atoms with Gasteiger partial charge in [-0.25, -0.2) is 0 Å². The maximum Gasteiger partial charge on any atom is 1.00 e. The van der Waals surface area contributed by atoms with Gasteiger partial charge in [-0.2, -0.15) is 0 Å². The Labute approximate surface area is 624 Å². The second-order valence-electron chi connectivity index (χ2n) is 25.8. The minimum Gasteiger partial charge on any atom is -0.547 e. The number of ether oxygens (including phenoxy) is 14. The molecule has 0 aromatic rings. The van der Waals surface area contributed by atoms with E-state index in [4.69, 9.17) is 72.0 Å². The molecule has 101 heavy (non-hydrogen) atoms. The molecule has 6 saturated heterocycles. The maximum atomic E-state index is 13.3. The maximum absolute atomic E-state index is 13.3. The molecular formula is C58H97N5Na2O36. The number of carboxylic acid groups (broad SMARTS) is 2. The molecule has 0 aliphatic carbocycles. The van der Waals surface area contributed by atoms with Crippen LogP contribution in [0.15, 0.2) is 0 Å². The molecule has 0 aromatic carbocycles. The van der Waals surface area contributed by atoms with E-state index < -0.39 is 263 Å². The van der Waals surface area contributed by atoms with Crippen LogP contribution in [0.25, 0.3) is 0 Å². The van der Waals surface area contributed by atoms with E-state index in [2.05, 4.69) is 21.3 Å². The van der Waals surface area contributed by atoms with Crippen molar-refractivity contribution >= 4 is 47.5 Å².